The molecule has 0 radical (unpaired) electrons. The number of nitrogens with zero attached hydrogens (tertiary/aromatic N) is 4. The molecule has 38 heavy (non-hydrogen) atoms. The van der Waals surface area contributed by atoms with Crippen LogP contribution in [0, 0.1) is 0 Å². The Labute approximate surface area is 223 Å². The average Bonchev–Trinajstić information content (AvgIpc) is 3.53. The van der Waals surface area contributed by atoms with Crippen molar-refractivity contribution in [2.75, 3.05) is 24.1 Å². The average molecular weight is 542 g/mol. The van der Waals surface area contributed by atoms with Gasteiger partial charge in [0.2, 0.25) is 16.0 Å². The summed E-state index contributed by atoms with van der Waals surface area (Å²) in [5.74, 6) is 0.385. The molecule has 0 fully saturated rings. The van der Waals surface area contributed by atoms with Gasteiger partial charge in [0, 0.05) is 47.5 Å². The van der Waals surface area contributed by atoms with E-state index in [1.165, 1.54) is 11.3 Å². The fourth-order valence-corrected chi connectivity index (χ4v) is 6.33. The SMILES string of the molecule is Nc1cccc(-c2nc3sccn3c2-c2ccnc(NCCNS(=O)(=O)c3cccc4ccccc34)n2)c1. The molecule has 3 aromatic carbocycles. The van der Waals surface area contributed by atoms with Gasteiger partial charge in [-0.2, -0.15) is 0 Å². The van der Waals surface area contributed by atoms with Gasteiger partial charge < -0.3 is 11.1 Å². The number of nitrogen functional groups attached to an aromatic ring is 1. The van der Waals surface area contributed by atoms with E-state index in [0.717, 1.165) is 27.3 Å². The molecule has 0 atom stereocenters. The topological polar surface area (TPSA) is 127 Å². The summed E-state index contributed by atoms with van der Waals surface area (Å²) in [6.45, 7) is 0.463. The monoisotopic (exact) mass is 541 g/mol. The van der Waals surface area contributed by atoms with Crippen molar-refractivity contribution >= 4 is 48.7 Å². The second kappa shape index (κ2) is 9.86. The van der Waals surface area contributed by atoms with Crippen LogP contribution in [0.25, 0.3) is 38.4 Å². The second-order valence-corrected chi connectivity index (χ2v) is 11.2. The van der Waals surface area contributed by atoms with E-state index in [9.17, 15) is 8.42 Å². The molecule has 0 spiro atoms. The normalized spacial score (nSPS) is 11.8. The van der Waals surface area contributed by atoms with E-state index in [4.69, 9.17) is 15.7 Å². The molecule has 3 heterocycles. The fourth-order valence-electron chi connectivity index (χ4n) is 4.36. The third-order valence-electron chi connectivity index (χ3n) is 6.06. The van der Waals surface area contributed by atoms with Gasteiger partial charge >= 0.3 is 0 Å². The van der Waals surface area contributed by atoms with Crippen LogP contribution in [0.3, 0.4) is 0 Å². The van der Waals surface area contributed by atoms with Crippen LogP contribution in [0.2, 0.25) is 0 Å². The Morgan fingerprint density at radius 1 is 0.947 bits per heavy atom. The Hall–Kier alpha value is -4.32. The smallest absolute Gasteiger partial charge is 0.241 e. The number of thiazole rings is 1. The number of anilines is 2. The van der Waals surface area contributed by atoms with Gasteiger partial charge in [0.05, 0.1) is 16.3 Å². The van der Waals surface area contributed by atoms with Crippen molar-refractivity contribution in [2.45, 2.75) is 4.90 Å². The Kier molecular flexibility index (Phi) is 6.24. The van der Waals surface area contributed by atoms with E-state index in [1.54, 1.807) is 24.4 Å². The molecule has 6 aromatic rings. The molecule has 0 amide bonds. The molecule has 0 unspecified atom stereocenters. The van der Waals surface area contributed by atoms with Crippen molar-refractivity contribution < 1.29 is 8.42 Å². The lowest BCUT2D eigenvalue weighted by Crippen LogP contribution is -2.29. The zero-order valence-electron chi connectivity index (χ0n) is 20.1. The van der Waals surface area contributed by atoms with Gasteiger partial charge in [-0.15, -0.1) is 11.3 Å². The summed E-state index contributed by atoms with van der Waals surface area (Å²) in [6, 6.07) is 22.1. The van der Waals surface area contributed by atoms with E-state index in [0.29, 0.717) is 29.3 Å². The van der Waals surface area contributed by atoms with E-state index in [2.05, 4.69) is 15.0 Å². The number of hydrogen-bond acceptors (Lipinski definition) is 8. The highest BCUT2D eigenvalue weighted by Crippen LogP contribution is 2.34. The second-order valence-electron chi connectivity index (χ2n) is 8.56. The third-order valence-corrected chi connectivity index (χ3v) is 8.34. The third kappa shape index (κ3) is 4.58. The first-order valence-corrected chi connectivity index (χ1v) is 14.2. The van der Waals surface area contributed by atoms with Gasteiger partial charge in [-0.05, 0) is 29.7 Å². The number of nitrogens with one attached hydrogen (secondary N) is 2. The van der Waals surface area contributed by atoms with Gasteiger partial charge in [-0.25, -0.2) is 28.1 Å². The molecule has 0 bridgehead atoms. The molecular weight excluding hydrogens is 518 g/mol. The molecular formula is C27H23N7O2S2. The summed E-state index contributed by atoms with van der Waals surface area (Å²) >= 11 is 1.53. The quantitative estimate of drug-likeness (QED) is 0.189. The van der Waals surface area contributed by atoms with Crippen molar-refractivity contribution in [3.63, 3.8) is 0 Å². The number of rotatable bonds is 8. The zero-order valence-corrected chi connectivity index (χ0v) is 21.7. The molecule has 0 aliphatic carbocycles. The summed E-state index contributed by atoms with van der Waals surface area (Å²) in [6.07, 6.45) is 3.62. The number of nitrogens with two attached hydrogens (primary N) is 1. The molecule has 9 nitrogen and oxygen atoms in total. The predicted octanol–water partition coefficient (Wildman–Crippen LogP) is 4.65. The van der Waals surface area contributed by atoms with Crippen LogP contribution in [0.4, 0.5) is 11.6 Å². The standard InChI is InChI=1S/C27H23N7O2S2/c28-20-8-3-7-19(17-20)24-25(34-15-16-37-27(34)33-24)22-11-12-29-26(32-22)30-13-14-31-38(35,36)23-10-4-6-18-5-1-2-9-21(18)23/h1-12,15-17,31H,13-14,28H2,(H,29,30,32). The highest BCUT2D eigenvalue weighted by molar-refractivity contribution is 7.89. The highest BCUT2D eigenvalue weighted by atomic mass is 32.2. The number of fused-ring (bicyclic) bond motifs is 2. The van der Waals surface area contributed by atoms with Gasteiger partial charge in [0.1, 0.15) is 5.69 Å². The molecule has 3 aromatic heterocycles. The molecule has 0 saturated carbocycles. The van der Waals surface area contributed by atoms with E-state index < -0.39 is 10.0 Å². The summed E-state index contributed by atoms with van der Waals surface area (Å²) in [5.41, 5.74) is 9.86. The van der Waals surface area contributed by atoms with Crippen molar-refractivity contribution in [3.05, 3.63) is 90.6 Å². The Bertz CT molecular complexity index is 1870. The maximum absolute atomic E-state index is 13.0. The fraction of sp³-hybridized carbons (Fsp3) is 0.0741. The molecule has 0 aliphatic rings. The van der Waals surface area contributed by atoms with Crippen LogP contribution < -0.4 is 15.8 Å². The Balaban J connectivity index is 1.21. The summed E-state index contributed by atoms with van der Waals surface area (Å²) in [5, 5.41) is 6.65. The number of benzene rings is 3. The maximum Gasteiger partial charge on any atom is 0.241 e. The van der Waals surface area contributed by atoms with E-state index >= 15 is 0 Å². The van der Waals surface area contributed by atoms with Gasteiger partial charge in [-0.3, -0.25) is 4.40 Å². The Morgan fingerprint density at radius 2 is 1.79 bits per heavy atom. The van der Waals surface area contributed by atoms with Crippen LogP contribution in [0.5, 0.6) is 0 Å². The van der Waals surface area contributed by atoms with Crippen molar-refractivity contribution in [1.29, 1.82) is 0 Å². The number of aromatic nitrogens is 4. The highest BCUT2D eigenvalue weighted by Gasteiger charge is 2.19. The van der Waals surface area contributed by atoms with Gasteiger partial charge in [-0.1, -0.05) is 48.5 Å². The largest absolute Gasteiger partial charge is 0.399 e. The van der Waals surface area contributed by atoms with Crippen LogP contribution in [0.15, 0.2) is 95.5 Å². The van der Waals surface area contributed by atoms with E-state index in [1.807, 2.05) is 70.6 Å². The number of sulfonamides is 1. The van der Waals surface area contributed by atoms with Crippen molar-refractivity contribution in [3.8, 4) is 22.6 Å². The lowest BCUT2D eigenvalue weighted by Gasteiger charge is -2.11. The molecule has 6 rings (SSSR count). The van der Waals surface area contributed by atoms with Crippen molar-refractivity contribution in [1.82, 2.24) is 24.1 Å². The van der Waals surface area contributed by atoms with E-state index in [-0.39, 0.29) is 11.4 Å². The summed E-state index contributed by atoms with van der Waals surface area (Å²) < 4.78 is 30.6. The summed E-state index contributed by atoms with van der Waals surface area (Å²) in [7, 11) is -3.69. The first-order chi connectivity index (χ1) is 18.5. The first kappa shape index (κ1) is 24.0. The maximum atomic E-state index is 13.0. The number of hydrogen-bond donors (Lipinski definition) is 3. The lowest BCUT2D eigenvalue weighted by atomic mass is 10.1. The minimum atomic E-state index is -3.69. The molecule has 4 N–H and O–H groups in total. The molecule has 0 aliphatic heterocycles. The minimum absolute atomic E-state index is 0.162. The van der Waals surface area contributed by atoms with Crippen LogP contribution >= 0.6 is 11.3 Å². The number of imidazole rings is 1. The first-order valence-electron chi connectivity index (χ1n) is 11.9. The van der Waals surface area contributed by atoms with Crippen LogP contribution in [-0.2, 0) is 10.0 Å². The van der Waals surface area contributed by atoms with Crippen LogP contribution in [0.1, 0.15) is 0 Å². The van der Waals surface area contributed by atoms with Crippen LogP contribution in [-0.4, -0.2) is 40.9 Å². The van der Waals surface area contributed by atoms with Gasteiger partial charge in [0.25, 0.3) is 0 Å². The van der Waals surface area contributed by atoms with Gasteiger partial charge in [0.15, 0.2) is 4.96 Å². The molecule has 190 valence electrons. The predicted molar refractivity (Wildman–Crippen MR) is 152 cm³/mol. The Morgan fingerprint density at radius 3 is 2.68 bits per heavy atom. The summed E-state index contributed by atoms with van der Waals surface area (Å²) in [4.78, 5) is 14.9. The zero-order chi connectivity index (χ0) is 26.1. The molecule has 0 saturated heterocycles. The minimum Gasteiger partial charge on any atom is -0.399 e. The molecule has 11 heteroatoms. The van der Waals surface area contributed by atoms with Crippen molar-refractivity contribution in [2.24, 2.45) is 0 Å². The lowest BCUT2D eigenvalue weighted by molar-refractivity contribution is 0.583.